The lowest BCUT2D eigenvalue weighted by atomic mass is 10.1. The number of nitrogens with one attached hydrogen (secondary N) is 1. The van der Waals surface area contributed by atoms with Crippen molar-refractivity contribution in [3.8, 4) is 0 Å². The van der Waals surface area contributed by atoms with Gasteiger partial charge in [-0.15, -0.1) is 0 Å². The number of hydrogen-bond donors (Lipinski definition) is 2. The molecule has 0 saturated carbocycles. The minimum absolute atomic E-state index is 0.166. The van der Waals surface area contributed by atoms with Crippen LogP contribution in [0.5, 0.6) is 0 Å². The first-order valence-electron chi connectivity index (χ1n) is 6.02. The summed E-state index contributed by atoms with van der Waals surface area (Å²) in [4.78, 5) is 17.8. The van der Waals surface area contributed by atoms with Crippen LogP contribution in [-0.2, 0) is 6.54 Å². The van der Waals surface area contributed by atoms with E-state index in [2.05, 4.69) is 10.3 Å². The van der Waals surface area contributed by atoms with Gasteiger partial charge in [0.15, 0.2) is 5.82 Å². The molecule has 102 valence electrons. The van der Waals surface area contributed by atoms with Crippen LogP contribution in [0.1, 0.15) is 13.8 Å². The third-order valence-corrected chi connectivity index (χ3v) is 2.55. The molecule has 0 aliphatic heterocycles. The Morgan fingerprint density at radius 1 is 1.56 bits per heavy atom. The molecular formula is C12H22N4O2. The van der Waals surface area contributed by atoms with Crippen molar-refractivity contribution in [3.05, 3.63) is 22.7 Å². The Hall–Kier alpha value is -1.40. The zero-order chi connectivity index (χ0) is 13.8. The molecule has 0 spiro atoms. The van der Waals surface area contributed by atoms with Gasteiger partial charge in [0.25, 0.3) is 5.56 Å². The van der Waals surface area contributed by atoms with Crippen LogP contribution < -0.4 is 10.9 Å². The summed E-state index contributed by atoms with van der Waals surface area (Å²) < 4.78 is 1.57. The molecule has 18 heavy (non-hydrogen) atoms. The van der Waals surface area contributed by atoms with Gasteiger partial charge >= 0.3 is 0 Å². The summed E-state index contributed by atoms with van der Waals surface area (Å²) >= 11 is 0. The van der Waals surface area contributed by atoms with Crippen LogP contribution in [0.3, 0.4) is 0 Å². The van der Waals surface area contributed by atoms with E-state index in [4.69, 9.17) is 0 Å². The average Bonchev–Trinajstić information content (AvgIpc) is 2.26. The van der Waals surface area contributed by atoms with Crippen molar-refractivity contribution in [2.75, 3.05) is 32.5 Å². The van der Waals surface area contributed by atoms with Crippen molar-refractivity contribution in [1.82, 2.24) is 14.5 Å². The Balaban J connectivity index is 2.72. The normalized spacial score (nSPS) is 14.6. The van der Waals surface area contributed by atoms with Crippen molar-refractivity contribution < 1.29 is 5.11 Å². The maximum Gasteiger partial charge on any atom is 0.293 e. The van der Waals surface area contributed by atoms with Gasteiger partial charge in [-0.25, -0.2) is 4.98 Å². The number of nitrogens with zero attached hydrogens (tertiary/aromatic N) is 3. The van der Waals surface area contributed by atoms with E-state index in [0.29, 0.717) is 13.1 Å². The van der Waals surface area contributed by atoms with Gasteiger partial charge in [0.2, 0.25) is 0 Å². The Morgan fingerprint density at radius 3 is 2.78 bits per heavy atom. The molecule has 0 amide bonds. The first-order chi connectivity index (χ1) is 8.35. The minimum atomic E-state index is -0.912. The largest absolute Gasteiger partial charge is 0.387 e. The maximum absolute atomic E-state index is 11.9. The molecule has 0 aromatic carbocycles. The summed E-state index contributed by atoms with van der Waals surface area (Å²) in [5.74, 6) is 0.276. The number of likely N-dealkylation sites (N-methyl/N-ethyl adjacent to an activating group) is 1. The highest BCUT2D eigenvalue weighted by atomic mass is 16.3. The van der Waals surface area contributed by atoms with E-state index in [0.717, 1.165) is 0 Å². The van der Waals surface area contributed by atoms with E-state index in [1.165, 1.54) is 0 Å². The van der Waals surface area contributed by atoms with Crippen LogP contribution >= 0.6 is 0 Å². The number of aryl methyl sites for hydroxylation is 1. The standard InChI is InChI=1S/C12H22N4O2/c1-5-16-7-6-13-10(11(16)17)14-8-12(2,18)9-15(3)4/h6-7,18H,5,8-9H2,1-4H3,(H,13,14). The molecule has 0 saturated heterocycles. The first-order valence-corrected chi connectivity index (χ1v) is 6.02. The Morgan fingerprint density at radius 2 is 2.22 bits per heavy atom. The molecule has 1 heterocycles. The molecule has 2 N–H and O–H groups in total. The quantitative estimate of drug-likeness (QED) is 0.747. The monoisotopic (exact) mass is 254 g/mol. The Bertz CT molecular complexity index is 440. The van der Waals surface area contributed by atoms with Crippen LogP contribution in [0.15, 0.2) is 17.2 Å². The smallest absolute Gasteiger partial charge is 0.293 e. The van der Waals surface area contributed by atoms with Crippen molar-refractivity contribution in [2.45, 2.75) is 26.0 Å². The number of rotatable bonds is 6. The Labute approximate surface area is 107 Å². The van der Waals surface area contributed by atoms with Crippen molar-refractivity contribution in [2.24, 2.45) is 0 Å². The summed E-state index contributed by atoms with van der Waals surface area (Å²) in [5.41, 5.74) is -1.08. The van der Waals surface area contributed by atoms with Gasteiger partial charge in [0.05, 0.1) is 5.60 Å². The molecule has 6 nitrogen and oxygen atoms in total. The van der Waals surface area contributed by atoms with E-state index >= 15 is 0 Å². The lowest BCUT2D eigenvalue weighted by Gasteiger charge is -2.27. The highest BCUT2D eigenvalue weighted by Gasteiger charge is 2.21. The minimum Gasteiger partial charge on any atom is -0.387 e. The van der Waals surface area contributed by atoms with Crippen LogP contribution in [-0.4, -0.2) is 52.3 Å². The number of aromatic nitrogens is 2. The third-order valence-electron chi connectivity index (χ3n) is 2.55. The van der Waals surface area contributed by atoms with Gasteiger partial charge in [-0.2, -0.15) is 0 Å². The topological polar surface area (TPSA) is 70.4 Å². The van der Waals surface area contributed by atoms with Gasteiger partial charge in [-0.3, -0.25) is 4.79 Å². The Kier molecular flexibility index (Phi) is 4.86. The summed E-state index contributed by atoms with van der Waals surface area (Å²) in [6.45, 7) is 5.01. The van der Waals surface area contributed by atoms with E-state index in [-0.39, 0.29) is 17.9 Å². The average molecular weight is 254 g/mol. The van der Waals surface area contributed by atoms with Crippen LogP contribution in [0.25, 0.3) is 0 Å². The van der Waals surface area contributed by atoms with Crippen molar-refractivity contribution >= 4 is 5.82 Å². The van der Waals surface area contributed by atoms with Crippen LogP contribution in [0, 0.1) is 0 Å². The fraction of sp³-hybridized carbons (Fsp3) is 0.667. The van der Waals surface area contributed by atoms with Crippen molar-refractivity contribution in [3.63, 3.8) is 0 Å². The molecule has 1 rings (SSSR count). The second-order valence-corrected chi connectivity index (χ2v) is 4.96. The van der Waals surface area contributed by atoms with E-state index < -0.39 is 5.60 Å². The molecule has 1 aromatic rings. The van der Waals surface area contributed by atoms with E-state index in [1.807, 2.05) is 25.9 Å². The predicted octanol–water partition coefficient (Wildman–Crippen LogP) is -0.0123. The lowest BCUT2D eigenvalue weighted by Crippen LogP contribution is -2.43. The van der Waals surface area contributed by atoms with Gasteiger partial charge in [0.1, 0.15) is 0 Å². The second kappa shape index (κ2) is 5.97. The van der Waals surface area contributed by atoms with Crippen LogP contribution in [0.2, 0.25) is 0 Å². The predicted molar refractivity (Wildman–Crippen MR) is 71.8 cm³/mol. The molecule has 1 aromatic heterocycles. The summed E-state index contributed by atoms with van der Waals surface area (Å²) in [6, 6.07) is 0. The van der Waals surface area contributed by atoms with E-state index in [1.54, 1.807) is 23.9 Å². The number of anilines is 1. The molecule has 0 bridgehead atoms. The fourth-order valence-electron chi connectivity index (χ4n) is 1.83. The maximum atomic E-state index is 11.9. The lowest BCUT2D eigenvalue weighted by molar-refractivity contribution is 0.0459. The number of hydrogen-bond acceptors (Lipinski definition) is 5. The molecule has 1 atom stereocenters. The molecule has 0 radical (unpaired) electrons. The van der Waals surface area contributed by atoms with Gasteiger partial charge in [-0.05, 0) is 27.9 Å². The number of aliphatic hydroxyl groups is 1. The summed E-state index contributed by atoms with van der Waals surface area (Å²) in [7, 11) is 3.78. The molecule has 0 aliphatic carbocycles. The first kappa shape index (κ1) is 14.7. The third kappa shape index (κ3) is 4.12. The van der Waals surface area contributed by atoms with E-state index in [9.17, 15) is 9.90 Å². The summed E-state index contributed by atoms with van der Waals surface area (Å²) in [5, 5.41) is 13.0. The zero-order valence-corrected chi connectivity index (χ0v) is 11.5. The highest BCUT2D eigenvalue weighted by molar-refractivity contribution is 5.31. The zero-order valence-electron chi connectivity index (χ0n) is 11.5. The fourth-order valence-corrected chi connectivity index (χ4v) is 1.83. The van der Waals surface area contributed by atoms with Gasteiger partial charge < -0.3 is 19.9 Å². The SMILES string of the molecule is CCn1ccnc(NCC(C)(O)CN(C)C)c1=O. The molecular weight excluding hydrogens is 232 g/mol. The summed E-state index contributed by atoms with van der Waals surface area (Å²) in [6.07, 6.45) is 3.22. The highest BCUT2D eigenvalue weighted by Crippen LogP contribution is 2.05. The van der Waals surface area contributed by atoms with Crippen LogP contribution in [0.4, 0.5) is 5.82 Å². The molecule has 0 aliphatic rings. The molecule has 0 fully saturated rings. The van der Waals surface area contributed by atoms with Gasteiger partial charge in [-0.1, -0.05) is 0 Å². The van der Waals surface area contributed by atoms with Crippen molar-refractivity contribution in [1.29, 1.82) is 0 Å². The molecule has 1 unspecified atom stereocenters. The second-order valence-electron chi connectivity index (χ2n) is 4.96. The molecule has 6 heteroatoms. The van der Waals surface area contributed by atoms with Gasteiger partial charge in [0, 0.05) is 32.0 Å².